The first-order chi connectivity index (χ1) is 18.3. The van der Waals surface area contributed by atoms with Gasteiger partial charge in [0.1, 0.15) is 16.7 Å². The molecule has 7 nitrogen and oxygen atoms in total. The molecule has 38 heavy (non-hydrogen) atoms. The maximum atomic E-state index is 14.6. The molecule has 8 heteroatoms. The summed E-state index contributed by atoms with van der Waals surface area (Å²) in [5.41, 5.74) is 0.866. The lowest BCUT2D eigenvalue weighted by Gasteiger charge is -2.43. The summed E-state index contributed by atoms with van der Waals surface area (Å²) in [6.07, 6.45) is 1.51. The van der Waals surface area contributed by atoms with Crippen LogP contribution in [0.3, 0.4) is 0 Å². The molecule has 0 aromatic heterocycles. The highest BCUT2D eigenvalue weighted by molar-refractivity contribution is 6.35. The minimum Gasteiger partial charge on any atom is -0.497 e. The van der Waals surface area contributed by atoms with Gasteiger partial charge in [0, 0.05) is 22.9 Å². The number of halogens is 1. The Morgan fingerprint density at radius 2 is 1.84 bits per heavy atom. The van der Waals surface area contributed by atoms with Crippen molar-refractivity contribution < 1.29 is 19.1 Å². The van der Waals surface area contributed by atoms with E-state index in [0.29, 0.717) is 51.8 Å². The fourth-order valence-corrected chi connectivity index (χ4v) is 8.05. The molecule has 2 fully saturated rings. The molecule has 3 aromatic rings. The number of hydrogen-bond donors (Lipinski definition) is 2. The van der Waals surface area contributed by atoms with Crippen LogP contribution in [0.4, 0.5) is 11.4 Å². The fraction of sp³-hybridized carbons (Fsp3) is 0.300. The van der Waals surface area contributed by atoms with Crippen molar-refractivity contribution in [2.75, 3.05) is 24.3 Å². The summed E-state index contributed by atoms with van der Waals surface area (Å²) in [6.45, 7) is 2.51. The summed E-state index contributed by atoms with van der Waals surface area (Å²) >= 11 is 6.69. The van der Waals surface area contributed by atoms with Gasteiger partial charge in [0.25, 0.3) is 5.91 Å². The van der Waals surface area contributed by atoms with Crippen LogP contribution in [0.1, 0.15) is 39.9 Å². The average Bonchev–Trinajstić information content (AvgIpc) is 3.63. The molecule has 4 aliphatic rings. The minimum absolute atomic E-state index is 0.176. The molecular weight excluding hydrogens is 502 g/mol. The number of Topliss-reactive ketones (excluding diaryl/α,β-unsaturated/α-hetero) is 1. The van der Waals surface area contributed by atoms with Gasteiger partial charge in [-0.05, 0) is 61.7 Å². The quantitative estimate of drug-likeness (QED) is 0.483. The zero-order chi connectivity index (χ0) is 26.4. The highest BCUT2D eigenvalue weighted by Gasteiger charge is 2.81. The van der Waals surface area contributed by atoms with Crippen LogP contribution in [0.25, 0.3) is 0 Å². The third kappa shape index (κ3) is 2.60. The Hall–Kier alpha value is -3.68. The largest absolute Gasteiger partial charge is 0.497 e. The average molecular weight is 528 g/mol. The van der Waals surface area contributed by atoms with Crippen LogP contribution in [0.5, 0.6) is 5.75 Å². The molecular formula is C30H26ClN3O4. The van der Waals surface area contributed by atoms with E-state index in [1.807, 2.05) is 43.3 Å². The number of ketones is 1. The number of carbonyl (C=O) groups excluding carboxylic acids is 3. The normalized spacial score (nSPS) is 28.8. The Kier molecular flexibility index (Phi) is 4.88. The Balaban J connectivity index is 1.59. The van der Waals surface area contributed by atoms with Gasteiger partial charge in [-0.25, -0.2) is 0 Å². The van der Waals surface area contributed by atoms with E-state index in [2.05, 4.69) is 15.5 Å². The van der Waals surface area contributed by atoms with Crippen LogP contribution in [0.15, 0.2) is 60.7 Å². The second kappa shape index (κ2) is 7.91. The molecule has 4 aliphatic heterocycles. The number of nitrogens with one attached hydrogen (secondary N) is 2. The Bertz CT molecular complexity index is 1570. The van der Waals surface area contributed by atoms with Gasteiger partial charge in [-0.1, -0.05) is 48.0 Å². The first-order valence-corrected chi connectivity index (χ1v) is 13.2. The smallest absolute Gasteiger partial charge is 0.251 e. The number of carbonyl (C=O) groups is 3. The molecule has 4 heterocycles. The standard InChI is InChI=1S/C30H26ClN3O4/c1-16-13-20-25(21(31)14-16)33-28(37)30(20)29(19-9-3-4-10-22(19)32-27(29)36)24(23-11-6-12-34(23)30)26(35)17-7-5-8-18(15-17)38-2/h3-5,7-10,13-15,23-24H,6,11-12H2,1-2H3,(H,32,36)(H,33,37)/t23-,24-,29+,30+/m0/s1. The number of benzene rings is 3. The van der Waals surface area contributed by atoms with Gasteiger partial charge in [-0.15, -0.1) is 0 Å². The van der Waals surface area contributed by atoms with Crippen LogP contribution in [0.2, 0.25) is 5.02 Å². The monoisotopic (exact) mass is 527 g/mol. The van der Waals surface area contributed by atoms with Crippen LogP contribution in [-0.2, 0) is 20.5 Å². The Morgan fingerprint density at radius 1 is 1.03 bits per heavy atom. The van der Waals surface area contributed by atoms with Crippen molar-refractivity contribution in [2.45, 2.75) is 36.8 Å². The summed E-state index contributed by atoms with van der Waals surface area (Å²) < 4.78 is 5.41. The van der Waals surface area contributed by atoms with E-state index in [4.69, 9.17) is 16.3 Å². The van der Waals surface area contributed by atoms with Gasteiger partial charge >= 0.3 is 0 Å². The zero-order valence-corrected chi connectivity index (χ0v) is 21.8. The van der Waals surface area contributed by atoms with E-state index in [-0.39, 0.29) is 23.6 Å². The van der Waals surface area contributed by atoms with Gasteiger partial charge in [-0.3, -0.25) is 19.3 Å². The van der Waals surface area contributed by atoms with Gasteiger partial charge in [0.15, 0.2) is 5.78 Å². The number of amides is 2. The van der Waals surface area contributed by atoms with Gasteiger partial charge < -0.3 is 15.4 Å². The second-order valence-electron chi connectivity index (χ2n) is 10.6. The van der Waals surface area contributed by atoms with E-state index < -0.39 is 16.9 Å². The lowest BCUT2D eigenvalue weighted by molar-refractivity contribution is -0.137. The second-order valence-corrected chi connectivity index (χ2v) is 11.0. The van der Waals surface area contributed by atoms with Crippen LogP contribution in [-0.4, -0.2) is 42.2 Å². The number of nitrogens with zero attached hydrogens (tertiary/aromatic N) is 1. The van der Waals surface area contributed by atoms with E-state index in [9.17, 15) is 14.4 Å². The van der Waals surface area contributed by atoms with Crippen LogP contribution >= 0.6 is 11.6 Å². The van der Waals surface area contributed by atoms with Crippen LogP contribution in [0, 0.1) is 12.8 Å². The predicted octanol–water partition coefficient (Wildman–Crippen LogP) is 4.67. The lowest BCUT2D eigenvalue weighted by atomic mass is 9.57. The van der Waals surface area contributed by atoms with Crippen molar-refractivity contribution in [1.82, 2.24) is 4.90 Å². The summed E-state index contributed by atoms with van der Waals surface area (Å²) in [7, 11) is 1.56. The predicted molar refractivity (Wildman–Crippen MR) is 144 cm³/mol. The molecule has 2 saturated heterocycles. The zero-order valence-electron chi connectivity index (χ0n) is 21.0. The number of aryl methyl sites for hydroxylation is 1. The molecule has 2 amide bonds. The molecule has 0 radical (unpaired) electrons. The lowest BCUT2D eigenvalue weighted by Crippen LogP contribution is -2.62. The van der Waals surface area contributed by atoms with Gasteiger partial charge in [0.05, 0.1) is 23.7 Å². The molecule has 0 unspecified atom stereocenters. The number of methoxy groups -OCH3 is 1. The number of hydrogen-bond acceptors (Lipinski definition) is 5. The number of para-hydroxylation sites is 1. The third-order valence-corrected chi connectivity index (χ3v) is 9.24. The van der Waals surface area contributed by atoms with E-state index in [1.54, 1.807) is 31.4 Å². The van der Waals surface area contributed by atoms with Crippen molar-refractivity contribution in [3.8, 4) is 5.75 Å². The molecule has 0 bridgehead atoms. The van der Waals surface area contributed by atoms with E-state index in [1.165, 1.54) is 0 Å². The van der Waals surface area contributed by atoms with E-state index >= 15 is 0 Å². The highest BCUT2D eigenvalue weighted by atomic mass is 35.5. The first-order valence-electron chi connectivity index (χ1n) is 12.8. The summed E-state index contributed by atoms with van der Waals surface area (Å²) in [5.74, 6) is -1.08. The maximum absolute atomic E-state index is 14.6. The SMILES string of the molecule is COc1cccc(C(=O)[C@@H]2[C@@H]3CCCN3[C@]3(C(=O)Nc4c(Cl)cc(C)cc43)[C@@]23C(=O)Nc2ccccc23)c1. The summed E-state index contributed by atoms with van der Waals surface area (Å²) in [4.78, 5) is 45.7. The van der Waals surface area contributed by atoms with Gasteiger partial charge in [-0.2, -0.15) is 0 Å². The number of rotatable bonds is 3. The van der Waals surface area contributed by atoms with Crippen molar-refractivity contribution in [2.24, 2.45) is 5.92 Å². The van der Waals surface area contributed by atoms with Gasteiger partial charge in [0.2, 0.25) is 5.91 Å². The number of anilines is 2. The van der Waals surface area contributed by atoms with Crippen molar-refractivity contribution in [3.63, 3.8) is 0 Å². The molecule has 3 aromatic carbocycles. The molecule has 192 valence electrons. The highest BCUT2D eigenvalue weighted by Crippen LogP contribution is 2.68. The number of ether oxygens (including phenoxy) is 1. The Morgan fingerprint density at radius 3 is 2.66 bits per heavy atom. The fourth-order valence-electron chi connectivity index (χ4n) is 7.73. The molecule has 0 saturated carbocycles. The molecule has 4 atom stereocenters. The minimum atomic E-state index is -1.50. The molecule has 2 spiro atoms. The molecule has 7 rings (SSSR count). The molecule has 2 N–H and O–H groups in total. The van der Waals surface area contributed by atoms with Crippen molar-refractivity contribution >= 4 is 40.6 Å². The third-order valence-electron chi connectivity index (χ3n) is 8.94. The summed E-state index contributed by atoms with van der Waals surface area (Å²) in [6, 6.07) is 17.9. The van der Waals surface area contributed by atoms with Crippen molar-refractivity contribution in [3.05, 3.63) is 87.9 Å². The van der Waals surface area contributed by atoms with E-state index in [0.717, 1.165) is 12.0 Å². The topological polar surface area (TPSA) is 87.7 Å². The Labute approximate surface area is 225 Å². The van der Waals surface area contributed by atoms with Crippen LogP contribution < -0.4 is 15.4 Å². The number of fused-ring (bicyclic) bond motifs is 7. The van der Waals surface area contributed by atoms with Crippen molar-refractivity contribution in [1.29, 1.82) is 0 Å². The molecule has 0 aliphatic carbocycles. The maximum Gasteiger partial charge on any atom is 0.251 e. The summed E-state index contributed by atoms with van der Waals surface area (Å²) in [5, 5.41) is 6.51. The first kappa shape index (κ1) is 23.4.